The van der Waals surface area contributed by atoms with Crippen LogP contribution < -0.4 is 13.7 Å². The number of aromatic nitrogens is 3. The maximum Gasteiger partial charge on any atom is 0.394 e. The normalized spacial score (nSPS) is 16.9. The lowest BCUT2D eigenvalue weighted by Gasteiger charge is -2.27. The van der Waals surface area contributed by atoms with Gasteiger partial charge in [0.15, 0.2) is 18.6 Å². The van der Waals surface area contributed by atoms with E-state index in [1.807, 2.05) is 97.1 Å². The molecule has 0 bridgehead atoms. The third-order valence-corrected chi connectivity index (χ3v) is 14.8. The topological polar surface area (TPSA) is 11.6 Å². The summed E-state index contributed by atoms with van der Waals surface area (Å²) in [4.78, 5) is 0. The molecule has 3 nitrogen and oxygen atoms in total. The van der Waals surface area contributed by atoms with Gasteiger partial charge in [0.25, 0.3) is 0 Å². The zero-order valence-corrected chi connectivity index (χ0v) is 50.3. The molecule has 0 unspecified atom stereocenters. The first kappa shape index (κ1) is 39.2. The van der Waals surface area contributed by atoms with E-state index < -0.39 is 70.9 Å². The number of hydrogen-bond acceptors (Lipinski definition) is 0. The smallest absolute Gasteiger partial charge is 0.201 e. The summed E-state index contributed by atoms with van der Waals surface area (Å²) in [6.45, 7) is 6.03. The molecule has 0 fully saturated rings. The molecule has 9 rings (SSSR count). The zero-order valence-electron chi connectivity index (χ0n) is 72.3. The fraction of sp³-hybridized carbons (Fsp3) is 0.338. The van der Waals surface area contributed by atoms with Crippen molar-refractivity contribution < 1.29 is 57.0 Å². The number of alkyl halides is 3. The summed E-state index contributed by atoms with van der Waals surface area (Å²) in [6, 6.07) is 35.9. The predicted molar refractivity (Wildman–Crippen MR) is 344 cm³/mol. The van der Waals surface area contributed by atoms with Gasteiger partial charge in [0.2, 0.25) is 17.1 Å². The quantitative estimate of drug-likeness (QED) is 0.128. The van der Waals surface area contributed by atoms with Crippen molar-refractivity contribution in [1.29, 1.82) is 0 Å². The highest BCUT2D eigenvalue weighted by molar-refractivity contribution is 5.78. The summed E-state index contributed by atoms with van der Waals surface area (Å²) in [5, 5.41) is 0. The van der Waals surface area contributed by atoms with E-state index >= 15 is 0 Å². The van der Waals surface area contributed by atoms with E-state index in [2.05, 4.69) is 0 Å². The van der Waals surface area contributed by atoms with Crippen molar-refractivity contribution >= 4 is 0 Å². The van der Waals surface area contributed by atoms with E-state index in [-0.39, 0.29) is 27.8 Å². The largest absolute Gasteiger partial charge is 0.394 e. The van der Waals surface area contributed by atoms with Gasteiger partial charge in [-0.25, -0.2) is 13.7 Å². The maximum atomic E-state index is 13.6. The second-order valence-electron chi connectivity index (χ2n) is 23.4. The lowest BCUT2D eigenvalue weighted by atomic mass is 9.84. The molecule has 3 aromatic heterocycles. The molecule has 6 heteroatoms. The summed E-state index contributed by atoms with van der Waals surface area (Å²) in [7, 11) is 5.29. The maximum absolute atomic E-state index is 13.6. The summed E-state index contributed by atoms with van der Waals surface area (Å²) >= 11 is 0. The Balaban J connectivity index is 0.000000222. The van der Waals surface area contributed by atoms with Gasteiger partial charge in [-0.05, 0) is 221 Å². The van der Waals surface area contributed by atoms with Crippen molar-refractivity contribution in [3.8, 4) is 67.2 Å². The first-order valence-corrected chi connectivity index (χ1v) is 27.4. The summed E-state index contributed by atoms with van der Waals surface area (Å²) in [6.07, 6.45) is -4.33. The van der Waals surface area contributed by atoms with Gasteiger partial charge in [-0.2, -0.15) is 13.2 Å². The molecular formula is C77H91F3N3+3. The van der Waals surface area contributed by atoms with Crippen LogP contribution in [0, 0.1) is 100 Å². The summed E-state index contributed by atoms with van der Waals surface area (Å²) in [5.74, 6) is 0. The Morgan fingerprint density at radius 3 is 1.01 bits per heavy atom. The lowest BCUT2D eigenvalue weighted by Crippen LogP contribution is -2.34. The highest BCUT2D eigenvalue weighted by Gasteiger charge is 2.47. The van der Waals surface area contributed by atoms with E-state index in [0.29, 0.717) is 78.0 Å². The van der Waals surface area contributed by atoms with Crippen molar-refractivity contribution in [2.24, 2.45) is 32.0 Å². The Morgan fingerprint density at radius 1 is 0.361 bits per heavy atom. The second-order valence-corrected chi connectivity index (χ2v) is 23.4. The van der Waals surface area contributed by atoms with Crippen molar-refractivity contribution in [1.82, 2.24) is 0 Å². The first-order valence-electron chi connectivity index (χ1n) is 38.4. The summed E-state index contributed by atoms with van der Waals surface area (Å²) in [5.41, 5.74) is 11.6. The van der Waals surface area contributed by atoms with E-state index in [4.69, 9.17) is 30.2 Å². The fourth-order valence-electron chi connectivity index (χ4n) is 9.86. The minimum absolute atomic E-state index is 0.0358. The minimum Gasteiger partial charge on any atom is -0.201 e. The van der Waals surface area contributed by atoms with Crippen LogP contribution >= 0.6 is 0 Å². The van der Waals surface area contributed by atoms with Gasteiger partial charge in [-0.15, -0.1) is 0 Å². The third kappa shape index (κ3) is 15.0. The van der Waals surface area contributed by atoms with Crippen LogP contribution in [0.1, 0.15) is 148 Å². The number of aryl methyl sites for hydroxylation is 16. The molecule has 0 radical (unpaired) electrons. The lowest BCUT2D eigenvalue weighted by molar-refractivity contribution is -0.660. The van der Waals surface area contributed by atoms with E-state index in [1.165, 1.54) is 36.5 Å². The van der Waals surface area contributed by atoms with Crippen LogP contribution in [-0.2, 0) is 33.9 Å². The van der Waals surface area contributed by atoms with Gasteiger partial charge in [-0.3, -0.25) is 0 Å². The standard InChI is InChI=1S/C27H31F3N.C27H34N.C23H26N/c1-17-13-25(31(7)16-20(17)4)24-14-23(18(2)12-19(24)3)22-10-8-21(9-11-22)15-26(5,6)27(28,29)30;1-18-14-26(28(8)17-21(18)4)25-15-24(19(2)13-20(25)3)23-11-9-22(10-12-23)16-27(5,6)7;1-15-8-7-9-20(10-15)21-13-22(18(4)11-17(21)3)23-12-16(2)19(5)14-24(23)6/h8-14,16H,15H2,1-7H3;9-15,17H,16H2,1-8H3;7-14H,1-6H3/q3*+1/i2D3,4D3,15D2;2D3,4D3,16D2;3D3,5D3. The molecule has 432 valence electrons. The highest BCUT2D eigenvalue weighted by atomic mass is 19.4. The van der Waals surface area contributed by atoms with Crippen LogP contribution in [0.3, 0.4) is 0 Å². The van der Waals surface area contributed by atoms with Gasteiger partial charge in [0.05, 0.1) is 5.41 Å². The van der Waals surface area contributed by atoms with Gasteiger partial charge in [0.1, 0.15) is 21.1 Å². The van der Waals surface area contributed by atoms with Crippen LogP contribution in [0.4, 0.5) is 13.2 Å². The third-order valence-electron chi connectivity index (χ3n) is 14.8. The molecule has 0 aliphatic carbocycles. The number of halogens is 3. The van der Waals surface area contributed by atoms with Gasteiger partial charge in [0, 0.05) is 81.7 Å². The molecule has 3 heterocycles. The van der Waals surface area contributed by atoms with Crippen molar-refractivity contribution in [3.05, 3.63) is 229 Å². The zero-order chi connectivity index (χ0) is 79.8. The van der Waals surface area contributed by atoms with Gasteiger partial charge < -0.3 is 0 Å². The molecule has 0 atom stereocenters. The molecule has 0 aliphatic heterocycles. The molecule has 0 saturated heterocycles. The molecule has 0 N–H and O–H groups in total. The van der Waals surface area contributed by atoms with Crippen molar-refractivity contribution in [3.63, 3.8) is 0 Å². The van der Waals surface area contributed by atoms with E-state index in [9.17, 15) is 13.2 Å². The van der Waals surface area contributed by atoms with Crippen LogP contribution in [0.2, 0.25) is 0 Å². The Hall–Kier alpha value is -7.44. The van der Waals surface area contributed by atoms with E-state index in [0.717, 1.165) is 58.6 Å². The number of nitrogens with zero attached hydrogens (tertiary/aromatic N) is 3. The number of rotatable bonds is 9. The fourth-order valence-corrected chi connectivity index (χ4v) is 9.86. The van der Waals surface area contributed by atoms with Crippen LogP contribution in [-0.4, -0.2) is 6.18 Å². The first-order chi connectivity index (χ1) is 47.5. The molecule has 0 aliphatic rings. The average Bonchev–Trinajstić information content (AvgIpc) is 0.762. The molecule has 0 amide bonds. The highest BCUT2D eigenvalue weighted by Crippen LogP contribution is 2.41. The van der Waals surface area contributed by atoms with Crippen LogP contribution in [0.25, 0.3) is 67.2 Å². The van der Waals surface area contributed by atoms with Crippen LogP contribution in [0.15, 0.2) is 146 Å². The average molecular weight is 1140 g/mol. The predicted octanol–water partition coefficient (Wildman–Crippen LogP) is 19.3. The molecular weight excluding hydrogens is 1020 g/mol. The van der Waals surface area contributed by atoms with E-state index in [1.54, 1.807) is 116 Å². The number of pyridine rings is 3. The molecule has 0 spiro atoms. The number of hydrogen-bond donors (Lipinski definition) is 0. The molecule has 6 aromatic carbocycles. The molecule has 0 saturated carbocycles. The minimum atomic E-state index is -4.79. The van der Waals surface area contributed by atoms with Crippen molar-refractivity contribution in [2.75, 3.05) is 0 Å². The Kier molecular flexibility index (Phi) is 11.9. The Labute approximate surface area is 527 Å². The van der Waals surface area contributed by atoms with Gasteiger partial charge in [-0.1, -0.05) is 131 Å². The summed E-state index contributed by atoms with van der Waals surface area (Å²) < 4.78 is 222. The monoisotopic (exact) mass is 1140 g/mol. The second kappa shape index (κ2) is 25.2. The molecule has 9 aromatic rings. The molecule has 83 heavy (non-hydrogen) atoms. The van der Waals surface area contributed by atoms with Gasteiger partial charge >= 0.3 is 6.18 Å². The SMILES string of the molecule is [2H]C([2H])([2H])c1c[n+](C)c(-c2cc(-c3ccc(C([2H])([2H])C(C)(C)C(F)(F)F)cc3)c(C([2H])([2H])[2H])cc2C)cc1C.[2H]C([2H])([2H])c1c[n+](C)c(-c2cc(-c3ccc(C([2H])([2H])C(C)(C)C)cc3)c(C([2H])([2H])[2H])cc2C)cc1C.[2H]C([2H])([2H])c1c[n+](C)c(-c2cc(-c3cccc(C)c3)c(C([2H])([2H])[2H])cc2C)cc1C. The van der Waals surface area contributed by atoms with Crippen molar-refractivity contribution in [2.45, 2.75) is 143 Å². The number of benzene rings is 6. The Morgan fingerprint density at radius 2 is 0.699 bits per heavy atom. The Bertz CT molecular complexity index is 4720. The van der Waals surface area contributed by atoms with Crippen LogP contribution in [0.5, 0.6) is 0 Å².